The van der Waals surface area contributed by atoms with Crippen molar-refractivity contribution in [1.29, 1.82) is 0 Å². The Morgan fingerprint density at radius 2 is 2.04 bits per heavy atom. The van der Waals surface area contributed by atoms with Crippen molar-refractivity contribution in [2.24, 2.45) is 0 Å². The molecule has 1 aliphatic rings. The van der Waals surface area contributed by atoms with Gasteiger partial charge in [-0.3, -0.25) is 9.59 Å². The summed E-state index contributed by atoms with van der Waals surface area (Å²) in [6.45, 7) is 5.71. The topological polar surface area (TPSA) is 72.0 Å². The summed E-state index contributed by atoms with van der Waals surface area (Å²) in [6, 6.07) is 0. The molecule has 5 nitrogen and oxygen atoms in total. The Bertz CT molecular complexity index is 806. The number of aromatic amines is 1. The predicted molar refractivity (Wildman–Crippen MR) is 98.0 cm³/mol. The molecular formula is C17H22N2O3S2. The van der Waals surface area contributed by atoms with Gasteiger partial charge in [-0.2, -0.15) is 0 Å². The summed E-state index contributed by atoms with van der Waals surface area (Å²) in [5.41, 5.74) is 0.835. The van der Waals surface area contributed by atoms with Gasteiger partial charge < -0.3 is 9.72 Å². The van der Waals surface area contributed by atoms with Crippen LogP contribution in [0.3, 0.4) is 0 Å². The zero-order chi connectivity index (χ0) is 17.3. The first kappa shape index (κ1) is 17.5. The predicted octanol–water partition coefficient (Wildman–Crippen LogP) is 3.96. The van der Waals surface area contributed by atoms with Gasteiger partial charge >= 0.3 is 5.97 Å². The van der Waals surface area contributed by atoms with E-state index in [9.17, 15) is 9.59 Å². The van der Waals surface area contributed by atoms with Crippen molar-refractivity contribution < 1.29 is 9.53 Å². The number of hydrogen-bond acceptors (Lipinski definition) is 6. The number of thiophene rings is 1. The van der Waals surface area contributed by atoms with Crippen LogP contribution in [0.25, 0.3) is 10.2 Å². The van der Waals surface area contributed by atoms with Gasteiger partial charge in [0.2, 0.25) is 0 Å². The van der Waals surface area contributed by atoms with Gasteiger partial charge in [-0.15, -0.1) is 11.3 Å². The van der Waals surface area contributed by atoms with Crippen LogP contribution >= 0.6 is 23.1 Å². The minimum Gasteiger partial charge on any atom is -0.462 e. The number of fused-ring (bicyclic) bond motifs is 1. The van der Waals surface area contributed by atoms with Gasteiger partial charge in [-0.1, -0.05) is 18.2 Å². The highest BCUT2D eigenvalue weighted by Crippen LogP contribution is 2.29. The normalized spacial score (nSPS) is 17.1. The Labute approximate surface area is 149 Å². The fourth-order valence-electron chi connectivity index (χ4n) is 2.95. The molecule has 1 atom stereocenters. The summed E-state index contributed by atoms with van der Waals surface area (Å²) in [6.07, 6.45) is 5.44. The molecular weight excluding hydrogens is 344 g/mol. The molecule has 0 amide bonds. The first-order chi connectivity index (χ1) is 11.5. The number of nitrogens with one attached hydrogen (secondary N) is 1. The zero-order valence-corrected chi connectivity index (χ0v) is 15.8. The van der Waals surface area contributed by atoms with Gasteiger partial charge in [0.15, 0.2) is 5.16 Å². The SMILES string of the molecule is Cc1sc2nc(SC(C)C(=O)OC3CCCCC3)[nH]c(=O)c2c1C. The van der Waals surface area contributed by atoms with E-state index in [1.807, 2.05) is 13.8 Å². The highest BCUT2D eigenvalue weighted by atomic mass is 32.2. The number of hydrogen-bond donors (Lipinski definition) is 1. The fraction of sp³-hybridized carbons (Fsp3) is 0.588. The molecule has 3 rings (SSSR count). The van der Waals surface area contributed by atoms with E-state index in [1.165, 1.54) is 29.5 Å². The zero-order valence-electron chi connectivity index (χ0n) is 14.2. The lowest BCUT2D eigenvalue weighted by atomic mass is 9.98. The molecule has 24 heavy (non-hydrogen) atoms. The van der Waals surface area contributed by atoms with Gasteiger partial charge in [0.25, 0.3) is 5.56 Å². The number of aryl methyl sites for hydroxylation is 2. The van der Waals surface area contributed by atoms with Crippen LogP contribution < -0.4 is 5.56 Å². The summed E-state index contributed by atoms with van der Waals surface area (Å²) < 4.78 is 5.59. The first-order valence-corrected chi connectivity index (χ1v) is 10.0. The van der Waals surface area contributed by atoms with Crippen LogP contribution in [0, 0.1) is 13.8 Å². The van der Waals surface area contributed by atoms with Gasteiger partial charge in [-0.25, -0.2) is 4.98 Å². The summed E-state index contributed by atoms with van der Waals surface area (Å²) in [4.78, 5) is 33.7. The van der Waals surface area contributed by atoms with Crippen LogP contribution in [0.5, 0.6) is 0 Å². The minimum absolute atomic E-state index is 0.0476. The molecule has 130 valence electrons. The van der Waals surface area contributed by atoms with E-state index in [1.54, 1.807) is 6.92 Å². The number of H-pyrrole nitrogens is 1. The Hall–Kier alpha value is -1.34. The van der Waals surface area contributed by atoms with E-state index >= 15 is 0 Å². The van der Waals surface area contributed by atoms with Crippen LogP contribution in [0.2, 0.25) is 0 Å². The van der Waals surface area contributed by atoms with E-state index < -0.39 is 5.25 Å². The number of carbonyl (C=O) groups is 1. The molecule has 2 aromatic rings. The number of thioether (sulfide) groups is 1. The number of nitrogens with zero attached hydrogens (tertiary/aromatic N) is 1. The molecule has 1 unspecified atom stereocenters. The molecule has 7 heteroatoms. The highest BCUT2D eigenvalue weighted by Gasteiger charge is 2.23. The average molecular weight is 367 g/mol. The Morgan fingerprint density at radius 1 is 1.33 bits per heavy atom. The number of aromatic nitrogens is 2. The minimum atomic E-state index is -0.394. The first-order valence-electron chi connectivity index (χ1n) is 8.33. The molecule has 0 aromatic carbocycles. The lowest BCUT2D eigenvalue weighted by Gasteiger charge is -2.23. The molecule has 1 N–H and O–H groups in total. The van der Waals surface area contributed by atoms with Gasteiger partial charge in [0, 0.05) is 4.88 Å². The second-order valence-electron chi connectivity index (χ2n) is 6.29. The van der Waals surface area contributed by atoms with E-state index in [-0.39, 0.29) is 17.6 Å². The Morgan fingerprint density at radius 3 is 2.75 bits per heavy atom. The average Bonchev–Trinajstić information content (AvgIpc) is 2.83. The number of rotatable bonds is 4. The summed E-state index contributed by atoms with van der Waals surface area (Å²) in [5, 5.41) is 0.732. The summed E-state index contributed by atoms with van der Waals surface area (Å²) in [7, 11) is 0. The van der Waals surface area contributed by atoms with Crippen molar-refractivity contribution in [3.05, 3.63) is 20.8 Å². The van der Waals surface area contributed by atoms with E-state index in [0.717, 1.165) is 41.0 Å². The molecule has 0 saturated heterocycles. The van der Waals surface area contributed by atoms with Gasteiger partial charge in [0.1, 0.15) is 16.2 Å². The largest absolute Gasteiger partial charge is 0.462 e. The highest BCUT2D eigenvalue weighted by molar-refractivity contribution is 8.00. The van der Waals surface area contributed by atoms with Crippen LogP contribution in [-0.2, 0) is 9.53 Å². The van der Waals surface area contributed by atoms with Crippen LogP contribution in [0.15, 0.2) is 9.95 Å². The number of carbonyl (C=O) groups excluding carboxylic acids is 1. The van der Waals surface area contributed by atoms with Crippen molar-refractivity contribution in [2.45, 2.75) is 69.4 Å². The summed E-state index contributed by atoms with van der Waals surface area (Å²) in [5.74, 6) is -0.229. The third kappa shape index (κ3) is 3.67. The van der Waals surface area contributed by atoms with E-state index in [0.29, 0.717) is 10.5 Å². The van der Waals surface area contributed by atoms with Crippen molar-refractivity contribution in [3.63, 3.8) is 0 Å². The van der Waals surface area contributed by atoms with Crippen LogP contribution in [0.1, 0.15) is 49.5 Å². The standard InChI is InChI=1S/C17H22N2O3S2/c1-9-10(2)23-15-13(9)14(20)18-17(19-15)24-11(3)16(21)22-12-7-5-4-6-8-12/h11-12H,4-8H2,1-3H3,(H,18,19,20). The second kappa shape index (κ2) is 7.27. The molecule has 0 bridgehead atoms. The molecule has 1 aliphatic carbocycles. The maximum absolute atomic E-state index is 12.3. The molecule has 1 fully saturated rings. The quantitative estimate of drug-likeness (QED) is 0.504. The van der Waals surface area contributed by atoms with Crippen LogP contribution in [-0.4, -0.2) is 27.3 Å². The molecule has 2 heterocycles. The van der Waals surface area contributed by atoms with Gasteiger partial charge in [-0.05, 0) is 52.0 Å². The van der Waals surface area contributed by atoms with E-state index in [2.05, 4.69) is 9.97 Å². The van der Waals surface area contributed by atoms with Crippen molar-refractivity contribution in [3.8, 4) is 0 Å². The number of ether oxygens (including phenoxy) is 1. The smallest absolute Gasteiger partial charge is 0.319 e. The monoisotopic (exact) mass is 366 g/mol. The molecule has 0 radical (unpaired) electrons. The fourth-order valence-corrected chi connectivity index (χ4v) is 4.82. The lowest BCUT2D eigenvalue weighted by Crippen LogP contribution is -2.26. The molecule has 0 spiro atoms. The maximum Gasteiger partial charge on any atom is 0.319 e. The summed E-state index contributed by atoms with van der Waals surface area (Å²) >= 11 is 2.76. The van der Waals surface area contributed by atoms with Crippen molar-refractivity contribution in [1.82, 2.24) is 9.97 Å². The third-order valence-electron chi connectivity index (χ3n) is 4.47. The Balaban J connectivity index is 1.71. The molecule has 0 aliphatic heterocycles. The second-order valence-corrected chi connectivity index (χ2v) is 8.82. The molecule has 2 aromatic heterocycles. The molecule has 1 saturated carbocycles. The van der Waals surface area contributed by atoms with E-state index in [4.69, 9.17) is 4.74 Å². The lowest BCUT2D eigenvalue weighted by molar-refractivity contribution is -0.149. The van der Waals surface area contributed by atoms with Crippen LogP contribution in [0.4, 0.5) is 0 Å². The third-order valence-corrected chi connectivity index (χ3v) is 6.54. The van der Waals surface area contributed by atoms with Gasteiger partial charge in [0.05, 0.1) is 5.39 Å². The Kier molecular flexibility index (Phi) is 5.30. The number of esters is 1. The van der Waals surface area contributed by atoms with Crippen molar-refractivity contribution in [2.75, 3.05) is 0 Å². The van der Waals surface area contributed by atoms with Crippen molar-refractivity contribution >= 4 is 39.3 Å². The maximum atomic E-state index is 12.3.